The van der Waals surface area contributed by atoms with Gasteiger partial charge in [0.15, 0.2) is 10.1 Å². The normalized spacial score (nSPS) is 11.4. The zero-order valence-electron chi connectivity index (χ0n) is 10.2. The van der Waals surface area contributed by atoms with Crippen molar-refractivity contribution in [1.82, 2.24) is 24.9 Å². The molecule has 2 N–H and O–H groups in total. The Morgan fingerprint density at radius 1 is 1.60 bits per heavy atom. The van der Waals surface area contributed by atoms with Crippen LogP contribution in [0.2, 0.25) is 5.15 Å². The van der Waals surface area contributed by atoms with Gasteiger partial charge in [-0.15, -0.1) is 11.3 Å². The fraction of sp³-hybridized carbons (Fsp3) is 0.0833. The van der Waals surface area contributed by atoms with E-state index < -0.39 is 0 Å². The number of carbonyl (C=O) groups excluding carboxylic acids is 1. The number of aromatic nitrogens is 4. The zero-order valence-corrected chi connectivity index (χ0v) is 11.8. The molecule has 6 nitrogen and oxygen atoms in total. The fourth-order valence-corrected chi connectivity index (χ4v) is 2.71. The Morgan fingerprint density at radius 2 is 2.50 bits per heavy atom. The Hall–Kier alpha value is -2.12. The number of thiazole rings is 1. The van der Waals surface area contributed by atoms with Crippen LogP contribution in [0.25, 0.3) is 11.0 Å². The molecular weight excluding hydrogens is 298 g/mol. The van der Waals surface area contributed by atoms with E-state index in [0.717, 1.165) is 10.7 Å². The summed E-state index contributed by atoms with van der Waals surface area (Å²) in [6, 6.07) is 1.80. The van der Waals surface area contributed by atoms with Crippen LogP contribution in [0, 0.1) is 0 Å². The molecule has 0 unspecified atom stereocenters. The highest BCUT2D eigenvalue weighted by molar-refractivity contribution is 7.15. The molecule has 0 radical (unpaired) electrons. The van der Waals surface area contributed by atoms with Gasteiger partial charge < -0.3 is 5.32 Å². The van der Waals surface area contributed by atoms with Crippen LogP contribution in [-0.2, 0) is 11.3 Å². The van der Waals surface area contributed by atoms with Gasteiger partial charge in [-0.2, -0.15) is 5.10 Å². The molecule has 0 saturated carbocycles. The topological polar surface area (TPSA) is 75.1 Å². The number of H-pyrrole nitrogens is 1. The molecule has 1 amide bonds. The van der Waals surface area contributed by atoms with E-state index in [1.54, 1.807) is 18.3 Å². The lowest BCUT2D eigenvalue weighted by Crippen LogP contribution is -2.20. The highest BCUT2D eigenvalue weighted by atomic mass is 35.5. The number of nitrogens with one attached hydrogen (secondary N) is 2. The number of hydrogen-bond donors (Lipinski definition) is 2. The standard InChI is InChI=1S/C12H10ClN5OS/c13-11-9(18-5-6-20-12(18)16-11)1-2-10(19)14-7-8-3-4-15-17-8/h1-6H,7H2,(H,14,19)(H,15,17)/b2-1+. The van der Waals surface area contributed by atoms with Gasteiger partial charge in [0.25, 0.3) is 0 Å². The number of aromatic amines is 1. The third-order valence-electron chi connectivity index (χ3n) is 2.66. The summed E-state index contributed by atoms with van der Waals surface area (Å²) in [6.45, 7) is 0.400. The second-order valence-corrected chi connectivity index (χ2v) is 5.21. The minimum absolute atomic E-state index is 0.208. The molecule has 3 aromatic heterocycles. The summed E-state index contributed by atoms with van der Waals surface area (Å²) in [4.78, 5) is 16.7. The molecule has 0 atom stereocenters. The molecule has 0 spiro atoms. The molecule has 3 heterocycles. The van der Waals surface area contributed by atoms with E-state index in [1.165, 1.54) is 17.4 Å². The molecule has 0 aliphatic carbocycles. The van der Waals surface area contributed by atoms with Crippen LogP contribution in [0.4, 0.5) is 0 Å². The fourth-order valence-electron chi connectivity index (χ4n) is 1.70. The Balaban J connectivity index is 1.68. The summed E-state index contributed by atoms with van der Waals surface area (Å²) >= 11 is 7.52. The van der Waals surface area contributed by atoms with E-state index in [9.17, 15) is 4.79 Å². The Bertz CT molecular complexity index is 758. The van der Waals surface area contributed by atoms with Crippen LogP contribution in [0.3, 0.4) is 0 Å². The van der Waals surface area contributed by atoms with Crippen LogP contribution in [0.15, 0.2) is 29.9 Å². The maximum absolute atomic E-state index is 11.7. The van der Waals surface area contributed by atoms with Crippen molar-refractivity contribution in [2.24, 2.45) is 0 Å². The Labute approximate surface area is 123 Å². The number of rotatable bonds is 4. The van der Waals surface area contributed by atoms with Gasteiger partial charge >= 0.3 is 0 Å². The van der Waals surface area contributed by atoms with Gasteiger partial charge in [-0.1, -0.05) is 11.6 Å². The lowest BCUT2D eigenvalue weighted by atomic mass is 10.3. The first kappa shape index (κ1) is 12.9. The van der Waals surface area contributed by atoms with Crippen molar-refractivity contribution in [3.8, 4) is 0 Å². The van der Waals surface area contributed by atoms with Gasteiger partial charge in [-0.3, -0.25) is 14.3 Å². The van der Waals surface area contributed by atoms with E-state index in [1.807, 2.05) is 16.0 Å². The lowest BCUT2D eigenvalue weighted by Gasteiger charge is -1.98. The number of nitrogens with zero attached hydrogens (tertiary/aromatic N) is 3. The van der Waals surface area contributed by atoms with Crippen LogP contribution >= 0.6 is 22.9 Å². The molecule has 8 heteroatoms. The lowest BCUT2D eigenvalue weighted by molar-refractivity contribution is -0.116. The predicted octanol–water partition coefficient (Wildman–Crippen LogP) is 2.10. The van der Waals surface area contributed by atoms with Gasteiger partial charge in [0, 0.05) is 23.8 Å². The van der Waals surface area contributed by atoms with Crippen LogP contribution in [-0.4, -0.2) is 25.5 Å². The quantitative estimate of drug-likeness (QED) is 0.725. The third kappa shape index (κ3) is 2.59. The van der Waals surface area contributed by atoms with Crippen molar-refractivity contribution < 1.29 is 4.79 Å². The van der Waals surface area contributed by atoms with Crippen molar-refractivity contribution in [2.75, 3.05) is 0 Å². The van der Waals surface area contributed by atoms with Gasteiger partial charge in [0.2, 0.25) is 5.91 Å². The molecule has 20 heavy (non-hydrogen) atoms. The van der Waals surface area contributed by atoms with Crippen molar-refractivity contribution in [3.05, 3.63) is 46.5 Å². The summed E-state index contributed by atoms with van der Waals surface area (Å²) in [5.41, 5.74) is 1.54. The highest BCUT2D eigenvalue weighted by Gasteiger charge is 2.08. The minimum atomic E-state index is -0.208. The molecule has 102 valence electrons. The van der Waals surface area contributed by atoms with E-state index in [4.69, 9.17) is 11.6 Å². The Kier molecular flexibility index (Phi) is 3.53. The number of amides is 1. The average Bonchev–Trinajstić information content (AvgIpc) is 3.11. The summed E-state index contributed by atoms with van der Waals surface area (Å²) in [6.07, 6.45) is 6.58. The van der Waals surface area contributed by atoms with Crippen LogP contribution < -0.4 is 5.32 Å². The first-order valence-corrected chi connectivity index (χ1v) is 7.05. The molecule has 0 aromatic carbocycles. The van der Waals surface area contributed by atoms with Gasteiger partial charge in [0.05, 0.1) is 17.9 Å². The smallest absolute Gasteiger partial charge is 0.244 e. The van der Waals surface area contributed by atoms with E-state index >= 15 is 0 Å². The van der Waals surface area contributed by atoms with Crippen molar-refractivity contribution in [3.63, 3.8) is 0 Å². The van der Waals surface area contributed by atoms with E-state index in [-0.39, 0.29) is 5.91 Å². The molecule has 0 fully saturated rings. The summed E-state index contributed by atoms with van der Waals surface area (Å²) in [5, 5.41) is 11.6. The van der Waals surface area contributed by atoms with Crippen LogP contribution in [0.5, 0.6) is 0 Å². The summed E-state index contributed by atoms with van der Waals surface area (Å²) in [7, 11) is 0. The molecule has 0 saturated heterocycles. The van der Waals surface area contributed by atoms with Gasteiger partial charge in [0.1, 0.15) is 0 Å². The van der Waals surface area contributed by atoms with Gasteiger partial charge in [-0.25, -0.2) is 4.98 Å². The monoisotopic (exact) mass is 307 g/mol. The summed E-state index contributed by atoms with van der Waals surface area (Å²) < 4.78 is 1.84. The number of fused-ring (bicyclic) bond motifs is 1. The molecule has 3 aromatic rings. The highest BCUT2D eigenvalue weighted by Crippen LogP contribution is 2.22. The molecule has 0 aliphatic heterocycles. The molecule has 3 rings (SSSR count). The number of hydrogen-bond acceptors (Lipinski definition) is 4. The second-order valence-electron chi connectivity index (χ2n) is 3.98. The summed E-state index contributed by atoms with van der Waals surface area (Å²) in [5.74, 6) is -0.208. The first-order valence-electron chi connectivity index (χ1n) is 5.79. The van der Waals surface area contributed by atoms with E-state index in [0.29, 0.717) is 17.4 Å². The van der Waals surface area contributed by atoms with Gasteiger partial charge in [-0.05, 0) is 12.1 Å². The van der Waals surface area contributed by atoms with E-state index in [2.05, 4.69) is 20.5 Å². The maximum Gasteiger partial charge on any atom is 0.244 e. The molecule has 0 aliphatic rings. The zero-order chi connectivity index (χ0) is 13.9. The maximum atomic E-state index is 11.7. The number of imidazole rings is 1. The minimum Gasteiger partial charge on any atom is -0.347 e. The van der Waals surface area contributed by atoms with Crippen molar-refractivity contribution in [2.45, 2.75) is 6.54 Å². The largest absolute Gasteiger partial charge is 0.347 e. The number of carbonyl (C=O) groups is 1. The first-order chi connectivity index (χ1) is 9.74. The molecule has 0 bridgehead atoms. The predicted molar refractivity (Wildman–Crippen MR) is 77.5 cm³/mol. The third-order valence-corrected chi connectivity index (χ3v) is 3.69. The second kappa shape index (κ2) is 5.48. The average molecular weight is 308 g/mol. The van der Waals surface area contributed by atoms with Crippen molar-refractivity contribution in [1.29, 1.82) is 0 Å². The van der Waals surface area contributed by atoms with Crippen molar-refractivity contribution >= 4 is 39.9 Å². The molecular formula is C12H10ClN5OS. The SMILES string of the molecule is O=C(/C=C/c1c(Cl)nc2sccn12)NCc1ccn[nH]1. The number of halogens is 1. The Morgan fingerprint density at radius 3 is 3.30 bits per heavy atom. The van der Waals surface area contributed by atoms with Crippen LogP contribution in [0.1, 0.15) is 11.4 Å².